The van der Waals surface area contributed by atoms with Crippen LogP contribution in [0.1, 0.15) is 146 Å². The number of carbonyl (C=O) groups is 5. The first-order valence-corrected chi connectivity index (χ1v) is 20.3. The lowest BCUT2D eigenvalue weighted by molar-refractivity contribution is -0.218. The van der Waals surface area contributed by atoms with Crippen LogP contribution < -0.4 is 0 Å². The molecule has 0 N–H and O–H groups in total. The van der Waals surface area contributed by atoms with Crippen molar-refractivity contribution in [1.29, 1.82) is 0 Å². The molecule has 2 saturated heterocycles. The van der Waals surface area contributed by atoms with Crippen molar-refractivity contribution in [3.63, 3.8) is 0 Å². The molecular formula is C42H66O10. The molecule has 52 heavy (non-hydrogen) atoms. The smallest absolute Gasteiger partial charge is 0.347 e. The number of hydrogen-bond donors (Lipinski definition) is 0. The zero-order valence-electron chi connectivity index (χ0n) is 33.5. The van der Waals surface area contributed by atoms with E-state index in [9.17, 15) is 24.0 Å². The van der Waals surface area contributed by atoms with Crippen molar-refractivity contribution in [3.8, 4) is 0 Å². The third-order valence-electron chi connectivity index (χ3n) is 14.5. The van der Waals surface area contributed by atoms with Crippen LogP contribution in [-0.4, -0.2) is 60.4 Å². The number of cyclic esters (lactones) is 1. The van der Waals surface area contributed by atoms with Gasteiger partial charge in [-0.1, -0.05) is 27.7 Å². The van der Waals surface area contributed by atoms with Crippen LogP contribution in [-0.2, 0) is 47.7 Å². The minimum absolute atomic E-state index is 0.0364. The first-order chi connectivity index (χ1) is 24.3. The average molecular weight is 731 g/mol. The highest BCUT2D eigenvalue weighted by molar-refractivity contribution is 5.83. The van der Waals surface area contributed by atoms with Gasteiger partial charge in [0.05, 0.1) is 28.8 Å². The van der Waals surface area contributed by atoms with Crippen LogP contribution in [0.25, 0.3) is 0 Å². The molecule has 294 valence electrons. The average Bonchev–Trinajstić information content (AvgIpc) is 3.85. The highest BCUT2D eigenvalue weighted by Gasteiger charge is 2.63. The molecular weight excluding hydrogens is 664 g/mol. The number of ether oxygens (including phenoxy) is 5. The van der Waals surface area contributed by atoms with E-state index in [1.54, 1.807) is 13.8 Å². The Kier molecular flexibility index (Phi) is 11.9. The predicted octanol–water partition coefficient (Wildman–Crippen LogP) is 7.77. The summed E-state index contributed by atoms with van der Waals surface area (Å²) in [7, 11) is 0. The quantitative estimate of drug-likeness (QED) is 0.162. The number of esters is 5. The van der Waals surface area contributed by atoms with Crippen molar-refractivity contribution in [1.82, 2.24) is 0 Å². The Morgan fingerprint density at radius 2 is 1.21 bits per heavy atom. The van der Waals surface area contributed by atoms with Crippen LogP contribution in [0.15, 0.2) is 0 Å². The van der Waals surface area contributed by atoms with E-state index in [0.717, 1.165) is 43.9 Å². The van der Waals surface area contributed by atoms with E-state index < -0.39 is 22.9 Å². The van der Waals surface area contributed by atoms with Crippen LogP contribution in [0.2, 0.25) is 0 Å². The molecule has 0 spiro atoms. The first kappa shape index (κ1) is 40.5. The highest BCUT2D eigenvalue weighted by atomic mass is 16.6. The van der Waals surface area contributed by atoms with Gasteiger partial charge in [0, 0.05) is 18.3 Å². The number of carbonyl (C=O) groups excluding carboxylic acids is 5. The third-order valence-corrected chi connectivity index (χ3v) is 14.5. The molecule has 10 nitrogen and oxygen atoms in total. The van der Waals surface area contributed by atoms with Gasteiger partial charge in [-0.15, -0.1) is 0 Å². The summed E-state index contributed by atoms with van der Waals surface area (Å²) < 4.78 is 27.1. The van der Waals surface area contributed by atoms with E-state index in [0.29, 0.717) is 43.1 Å². The fourth-order valence-corrected chi connectivity index (χ4v) is 9.76. The molecule has 0 aromatic carbocycles. The lowest BCUT2D eigenvalue weighted by Gasteiger charge is -2.60. The van der Waals surface area contributed by atoms with E-state index >= 15 is 0 Å². The first-order valence-electron chi connectivity index (χ1n) is 20.3. The van der Waals surface area contributed by atoms with E-state index in [1.165, 1.54) is 32.1 Å². The number of rotatable bonds is 10. The maximum atomic E-state index is 12.6. The Morgan fingerprint density at radius 1 is 0.692 bits per heavy atom. The standard InChI is InChI=1S/C18H30O2.C14H20O4.C10H16O4/c1-5-17(3,4)16(19)20-18(6-2)14-8-12-7-13(10-14)11-15(18)9-12;1-4-14(2,3)13(16)18-10-7-5-8-9(6-7)12(15)17-11(8)10;1-4-10(2,3)9(12)14-7-5-6-13-8(7)11/h12-15H,5-11H2,1-4H3;7-11H,4-6H2,1-3H3;7H,4-6H2,1-3H3. The topological polar surface area (TPSA) is 132 Å². The van der Waals surface area contributed by atoms with Gasteiger partial charge in [-0.2, -0.15) is 0 Å². The third kappa shape index (κ3) is 7.78. The lowest BCUT2D eigenvalue weighted by Crippen LogP contribution is -2.60. The molecule has 2 aliphatic heterocycles. The van der Waals surface area contributed by atoms with Gasteiger partial charge in [0.1, 0.15) is 17.8 Å². The monoisotopic (exact) mass is 730 g/mol. The maximum Gasteiger partial charge on any atom is 0.347 e. The van der Waals surface area contributed by atoms with E-state index in [1.807, 2.05) is 41.5 Å². The Bertz CT molecular complexity index is 1330. The van der Waals surface area contributed by atoms with Crippen LogP contribution in [0.5, 0.6) is 0 Å². The number of hydrogen-bond acceptors (Lipinski definition) is 10. The van der Waals surface area contributed by atoms with Crippen LogP contribution in [0, 0.1) is 57.7 Å². The van der Waals surface area contributed by atoms with Crippen molar-refractivity contribution < 1.29 is 47.7 Å². The molecule has 6 bridgehead atoms. The van der Waals surface area contributed by atoms with Crippen LogP contribution >= 0.6 is 0 Å². The normalized spacial score (nSPS) is 36.6. The molecule has 8 rings (SSSR count). The Balaban J connectivity index is 0.000000153. The summed E-state index contributed by atoms with van der Waals surface area (Å²) in [5, 5.41) is 0. The second kappa shape index (κ2) is 15.2. The number of fused-ring (bicyclic) bond motifs is 1. The van der Waals surface area contributed by atoms with Gasteiger partial charge in [0.25, 0.3) is 0 Å². The maximum absolute atomic E-state index is 12.6. The van der Waals surface area contributed by atoms with Gasteiger partial charge in [-0.05, 0) is 136 Å². The van der Waals surface area contributed by atoms with Crippen LogP contribution in [0.3, 0.4) is 0 Å². The van der Waals surface area contributed by atoms with Gasteiger partial charge >= 0.3 is 29.8 Å². The summed E-state index contributed by atoms with van der Waals surface area (Å²) in [6.45, 7) is 20.0. The molecule has 6 aliphatic carbocycles. The molecule has 10 heteroatoms. The molecule has 8 fully saturated rings. The largest absolute Gasteiger partial charge is 0.463 e. The van der Waals surface area contributed by atoms with Crippen molar-refractivity contribution in [2.24, 2.45) is 57.7 Å². The fraction of sp³-hybridized carbons (Fsp3) is 0.881. The second-order valence-electron chi connectivity index (χ2n) is 18.8. The highest BCUT2D eigenvalue weighted by Crippen LogP contribution is 2.61. The molecule has 8 aliphatic rings. The summed E-state index contributed by atoms with van der Waals surface area (Å²) in [6.07, 6.45) is 11.2. The second-order valence-corrected chi connectivity index (χ2v) is 18.8. The van der Waals surface area contributed by atoms with E-state index in [2.05, 4.69) is 13.8 Å². The zero-order chi connectivity index (χ0) is 38.4. The van der Waals surface area contributed by atoms with Crippen molar-refractivity contribution in [2.75, 3.05) is 6.61 Å². The minimum Gasteiger partial charge on any atom is -0.463 e. The molecule has 6 atom stereocenters. The Morgan fingerprint density at radius 3 is 1.69 bits per heavy atom. The van der Waals surface area contributed by atoms with E-state index in [-0.39, 0.29) is 53.0 Å². The zero-order valence-corrected chi connectivity index (χ0v) is 33.5. The Labute approximate surface area is 311 Å². The molecule has 6 saturated carbocycles. The molecule has 0 amide bonds. The van der Waals surface area contributed by atoms with E-state index in [4.69, 9.17) is 23.7 Å². The van der Waals surface area contributed by atoms with Crippen molar-refractivity contribution >= 4 is 29.8 Å². The van der Waals surface area contributed by atoms with Crippen molar-refractivity contribution in [2.45, 2.75) is 170 Å². The predicted molar refractivity (Wildman–Crippen MR) is 193 cm³/mol. The summed E-state index contributed by atoms with van der Waals surface area (Å²) in [4.78, 5) is 59.0. The van der Waals surface area contributed by atoms with Gasteiger partial charge in [0.2, 0.25) is 6.10 Å². The SMILES string of the molecule is CCC(C)(C)C(=O)OC1(CC)C2CC3CC(C2)CC1C3.CCC(C)(C)C(=O)OC1C2CC3C(=O)OC1C3C2.CCC(C)(C)C(=O)OC1CCOC1=O. The van der Waals surface area contributed by atoms with Gasteiger partial charge in [-0.25, -0.2) is 4.79 Å². The molecule has 0 aromatic heterocycles. The molecule has 0 aromatic rings. The minimum atomic E-state index is -0.687. The summed E-state index contributed by atoms with van der Waals surface area (Å²) >= 11 is 0. The van der Waals surface area contributed by atoms with Gasteiger partial charge in [-0.3, -0.25) is 19.2 Å². The molecule has 0 radical (unpaired) electrons. The lowest BCUT2D eigenvalue weighted by atomic mass is 9.49. The molecule has 6 unspecified atom stereocenters. The van der Waals surface area contributed by atoms with Gasteiger partial charge in [0.15, 0.2) is 0 Å². The summed E-state index contributed by atoms with van der Waals surface area (Å²) in [5.41, 5.74) is -1.44. The molecule has 2 heterocycles. The van der Waals surface area contributed by atoms with Crippen molar-refractivity contribution in [3.05, 3.63) is 0 Å². The van der Waals surface area contributed by atoms with Crippen LogP contribution in [0.4, 0.5) is 0 Å². The Hall–Kier alpha value is -2.65. The summed E-state index contributed by atoms with van der Waals surface area (Å²) in [6, 6.07) is 0. The fourth-order valence-electron chi connectivity index (χ4n) is 9.76. The summed E-state index contributed by atoms with van der Waals surface area (Å²) in [5.74, 6) is 2.87. The van der Waals surface area contributed by atoms with Gasteiger partial charge < -0.3 is 23.7 Å².